The van der Waals surface area contributed by atoms with Crippen molar-refractivity contribution >= 4 is 11.8 Å². The highest BCUT2D eigenvalue weighted by molar-refractivity contribution is 5.85. The standard InChI is InChI=1S/C23H33N3O3/c1-3-4-11-26-21(27)10-9-19(22(26)18-7-5-6-8-20(18)29-2)23(28)25-14-16-12-24-13-17(16)15-25/h5-8,16-17,19,22,24H,3-4,9-15H2,1-2H3/t16-,17+,19?,22?. The summed E-state index contributed by atoms with van der Waals surface area (Å²) in [6, 6.07) is 7.62. The van der Waals surface area contributed by atoms with Crippen molar-refractivity contribution in [2.45, 2.75) is 38.6 Å². The second-order valence-electron chi connectivity index (χ2n) is 8.69. The van der Waals surface area contributed by atoms with E-state index < -0.39 is 0 Å². The van der Waals surface area contributed by atoms with Gasteiger partial charge in [0.05, 0.1) is 19.1 Å². The highest BCUT2D eigenvalue weighted by Gasteiger charge is 2.46. The maximum Gasteiger partial charge on any atom is 0.228 e. The highest BCUT2D eigenvalue weighted by Crippen LogP contribution is 2.42. The number of methoxy groups -OCH3 is 1. The van der Waals surface area contributed by atoms with E-state index in [0.717, 1.165) is 50.3 Å². The van der Waals surface area contributed by atoms with Crippen LogP contribution in [-0.2, 0) is 9.59 Å². The maximum atomic E-state index is 13.7. The van der Waals surface area contributed by atoms with Crippen LogP contribution in [0, 0.1) is 17.8 Å². The van der Waals surface area contributed by atoms with Gasteiger partial charge in [-0.1, -0.05) is 31.5 Å². The van der Waals surface area contributed by atoms with Gasteiger partial charge in [-0.3, -0.25) is 9.59 Å². The zero-order valence-electron chi connectivity index (χ0n) is 17.6. The summed E-state index contributed by atoms with van der Waals surface area (Å²) >= 11 is 0. The average Bonchev–Trinajstić information content (AvgIpc) is 3.34. The third kappa shape index (κ3) is 3.87. The number of ether oxygens (including phenoxy) is 1. The molecule has 2 amide bonds. The second kappa shape index (κ2) is 8.74. The molecule has 0 aliphatic carbocycles. The molecule has 1 aromatic rings. The van der Waals surface area contributed by atoms with Gasteiger partial charge < -0.3 is 19.9 Å². The fourth-order valence-electron chi connectivity index (χ4n) is 5.37. The van der Waals surface area contributed by atoms with Crippen LogP contribution in [0.2, 0.25) is 0 Å². The Morgan fingerprint density at radius 1 is 1.21 bits per heavy atom. The van der Waals surface area contributed by atoms with Crippen LogP contribution < -0.4 is 10.1 Å². The zero-order chi connectivity index (χ0) is 20.4. The molecule has 3 fully saturated rings. The number of unbranched alkanes of at least 4 members (excludes halogenated alkanes) is 1. The lowest BCUT2D eigenvalue weighted by Crippen LogP contribution is -2.49. The summed E-state index contributed by atoms with van der Waals surface area (Å²) in [7, 11) is 1.66. The summed E-state index contributed by atoms with van der Waals surface area (Å²) < 4.78 is 5.63. The smallest absolute Gasteiger partial charge is 0.228 e. The number of carbonyl (C=O) groups excluding carboxylic acids is 2. The van der Waals surface area contributed by atoms with Gasteiger partial charge in [-0.25, -0.2) is 0 Å². The minimum Gasteiger partial charge on any atom is -0.496 e. The van der Waals surface area contributed by atoms with Crippen LogP contribution in [0.5, 0.6) is 5.75 Å². The van der Waals surface area contributed by atoms with Gasteiger partial charge in [0.1, 0.15) is 5.75 Å². The second-order valence-corrected chi connectivity index (χ2v) is 8.69. The fraction of sp³-hybridized carbons (Fsp3) is 0.652. The molecule has 2 unspecified atom stereocenters. The number of hydrogen-bond acceptors (Lipinski definition) is 4. The summed E-state index contributed by atoms with van der Waals surface area (Å²) in [5.74, 6) is 2.07. The first kappa shape index (κ1) is 20.2. The first-order valence-corrected chi connectivity index (χ1v) is 11.1. The Bertz CT molecular complexity index is 741. The first-order valence-electron chi connectivity index (χ1n) is 11.1. The molecule has 4 atom stereocenters. The number of nitrogens with one attached hydrogen (secondary N) is 1. The number of hydrogen-bond donors (Lipinski definition) is 1. The molecule has 0 saturated carbocycles. The summed E-state index contributed by atoms with van der Waals surface area (Å²) in [6.45, 7) is 6.53. The lowest BCUT2D eigenvalue weighted by Gasteiger charge is -2.42. The van der Waals surface area contributed by atoms with Gasteiger partial charge in [0.2, 0.25) is 11.8 Å². The van der Waals surface area contributed by atoms with Crippen LogP contribution >= 0.6 is 0 Å². The Morgan fingerprint density at radius 2 is 1.93 bits per heavy atom. The van der Waals surface area contributed by atoms with Gasteiger partial charge in [0.15, 0.2) is 0 Å². The molecule has 3 heterocycles. The third-order valence-electron chi connectivity index (χ3n) is 6.93. The third-order valence-corrected chi connectivity index (χ3v) is 6.93. The SMILES string of the molecule is CCCCN1C(=O)CCC(C(=O)N2C[C@H]3CNC[C@H]3C2)C1c1ccccc1OC. The summed E-state index contributed by atoms with van der Waals surface area (Å²) in [4.78, 5) is 30.6. The minimum absolute atomic E-state index is 0.154. The molecule has 1 aromatic carbocycles. The predicted octanol–water partition coefficient (Wildman–Crippen LogP) is 2.45. The molecule has 6 nitrogen and oxygen atoms in total. The van der Waals surface area contributed by atoms with E-state index in [0.29, 0.717) is 31.2 Å². The number of carbonyl (C=O) groups is 2. The molecule has 3 saturated heterocycles. The van der Waals surface area contributed by atoms with Crippen molar-refractivity contribution in [3.63, 3.8) is 0 Å². The maximum absolute atomic E-state index is 13.7. The molecule has 158 valence electrons. The van der Waals surface area contributed by atoms with Gasteiger partial charge in [-0.05, 0) is 30.7 Å². The predicted molar refractivity (Wildman–Crippen MR) is 112 cm³/mol. The topological polar surface area (TPSA) is 61.9 Å². The number of para-hydroxylation sites is 1. The van der Waals surface area contributed by atoms with Crippen LogP contribution in [0.15, 0.2) is 24.3 Å². The van der Waals surface area contributed by atoms with E-state index in [1.54, 1.807) is 7.11 Å². The first-order chi connectivity index (χ1) is 14.1. The number of rotatable bonds is 6. The van der Waals surface area contributed by atoms with E-state index in [-0.39, 0.29) is 23.8 Å². The molecular weight excluding hydrogens is 366 g/mol. The van der Waals surface area contributed by atoms with Crippen molar-refractivity contribution in [2.75, 3.05) is 39.8 Å². The van der Waals surface area contributed by atoms with Crippen molar-refractivity contribution in [2.24, 2.45) is 17.8 Å². The Kier molecular flexibility index (Phi) is 6.09. The fourth-order valence-corrected chi connectivity index (χ4v) is 5.37. The monoisotopic (exact) mass is 399 g/mol. The molecule has 0 aromatic heterocycles. The lowest BCUT2D eigenvalue weighted by molar-refractivity contribution is -0.147. The van der Waals surface area contributed by atoms with Crippen molar-refractivity contribution < 1.29 is 14.3 Å². The molecule has 0 radical (unpaired) electrons. The molecule has 0 bridgehead atoms. The van der Waals surface area contributed by atoms with Crippen LogP contribution in [0.1, 0.15) is 44.2 Å². The van der Waals surface area contributed by atoms with Gasteiger partial charge in [-0.15, -0.1) is 0 Å². The molecule has 3 aliphatic rings. The zero-order valence-corrected chi connectivity index (χ0v) is 17.6. The molecule has 0 spiro atoms. The number of nitrogens with zero attached hydrogens (tertiary/aromatic N) is 2. The van der Waals surface area contributed by atoms with Crippen LogP contribution in [0.25, 0.3) is 0 Å². The number of amides is 2. The van der Waals surface area contributed by atoms with Crippen molar-refractivity contribution in [1.29, 1.82) is 0 Å². The van der Waals surface area contributed by atoms with Gasteiger partial charge in [0, 0.05) is 44.7 Å². The lowest BCUT2D eigenvalue weighted by atomic mass is 9.82. The Balaban J connectivity index is 1.64. The summed E-state index contributed by atoms with van der Waals surface area (Å²) in [5.41, 5.74) is 0.957. The molecule has 6 heteroatoms. The van der Waals surface area contributed by atoms with Crippen LogP contribution in [0.4, 0.5) is 0 Å². The normalized spacial score (nSPS) is 29.2. The van der Waals surface area contributed by atoms with Crippen molar-refractivity contribution in [1.82, 2.24) is 15.1 Å². The average molecular weight is 400 g/mol. The van der Waals surface area contributed by atoms with Gasteiger partial charge in [-0.2, -0.15) is 0 Å². The molecule has 1 N–H and O–H groups in total. The minimum atomic E-state index is -0.245. The molecule has 4 rings (SSSR count). The van der Waals surface area contributed by atoms with Crippen molar-refractivity contribution in [3.05, 3.63) is 29.8 Å². The molecule has 29 heavy (non-hydrogen) atoms. The quantitative estimate of drug-likeness (QED) is 0.798. The summed E-state index contributed by atoms with van der Waals surface area (Å²) in [5, 5.41) is 3.44. The van der Waals surface area contributed by atoms with Crippen LogP contribution in [-0.4, -0.2) is 61.4 Å². The van der Waals surface area contributed by atoms with E-state index in [2.05, 4.69) is 17.1 Å². The number of piperidine rings is 1. The van der Waals surface area contributed by atoms with E-state index in [1.807, 2.05) is 29.2 Å². The number of likely N-dealkylation sites (tertiary alicyclic amines) is 2. The van der Waals surface area contributed by atoms with E-state index in [1.165, 1.54) is 0 Å². The van der Waals surface area contributed by atoms with E-state index >= 15 is 0 Å². The molecule has 3 aliphatic heterocycles. The molecular formula is C23H33N3O3. The van der Waals surface area contributed by atoms with Gasteiger partial charge in [0.25, 0.3) is 0 Å². The van der Waals surface area contributed by atoms with E-state index in [4.69, 9.17) is 4.74 Å². The largest absolute Gasteiger partial charge is 0.496 e. The Morgan fingerprint density at radius 3 is 2.62 bits per heavy atom. The summed E-state index contributed by atoms with van der Waals surface area (Å²) in [6.07, 6.45) is 3.03. The van der Waals surface area contributed by atoms with Crippen molar-refractivity contribution in [3.8, 4) is 5.75 Å². The van der Waals surface area contributed by atoms with E-state index in [9.17, 15) is 9.59 Å². The van der Waals surface area contributed by atoms with Crippen LogP contribution in [0.3, 0.4) is 0 Å². The van der Waals surface area contributed by atoms with Gasteiger partial charge >= 0.3 is 0 Å². The number of fused-ring (bicyclic) bond motifs is 1. The Hall–Kier alpha value is -2.08. The number of benzene rings is 1. The Labute approximate surface area is 173 Å². The highest BCUT2D eigenvalue weighted by atomic mass is 16.5.